The van der Waals surface area contributed by atoms with Crippen LogP contribution in [-0.2, 0) is 11.2 Å². The van der Waals surface area contributed by atoms with E-state index >= 15 is 0 Å². The number of rotatable bonds is 3. The maximum atomic E-state index is 13.5. The SMILES string of the molecule is O=C(O)Cc1nocc1-c1ccccc1F. The van der Waals surface area contributed by atoms with Crippen LogP contribution in [0.3, 0.4) is 0 Å². The van der Waals surface area contributed by atoms with Gasteiger partial charge in [-0.25, -0.2) is 4.39 Å². The Labute approximate surface area is 90.3 Å². The van der Waals surface area contributed by atoms with Crippen molar-refractivity contribution >= 4 is 5.97 Å². The summed E-state index contributed by atoms with van der Waals surface area (Å²) >= 11 is 0. The van der Waals surface area contributed by atoms with E-state index < -0.39 is 11.8 Å². The third-order valence-corrected chi connectivity index (χ3v) is 2.13. The molecule has 0 aliphatic rings. The zero-order valence-corrected chi connectivity index (χ0v) is 8.18. The predicted molar refractivity (Wildman–Crippen MR) is 53.2 cm³/mol. The van der Waals surface area contributed by atoms with Crippen molar-refractivity contribution in [3.8, 4) is 11.1 Å². The molecular formula is C11H8FNO3. The molecule has 2 aromatic rings. The average molecular weight is 221 g/mol. The van der Waals surface area contributed by atoms with Gasteiger partial charge < -0.3 is 9.63 Å². The van der Waals surface area contributed by atoms with Gasteiger partial charge in [0.05, 0.1) is 6.42 Å². The second-order valence-corrected chi connectivity index (χ2v) is 3.23. The van der Waals surface area contributed by atoms with E-state index in [1.165, 1.54) is 12.3 Å². The number of hydrogen-bond acceptors (Lipinski definition) is 3. The Morgan fingerprint density at radius 3 is 2.81 bits per heavy atom. The molecule has 1 N–H and O–H groups in total. The summed E-state index contributed by atoms with van der Waals surface area (Å²) in [5, 5.41) is 12.2. The molecule has 0 radical (unpaired) electrons. The third-order valence-electron chi connectivity index (χ3n) is 2.13. The highest BCUT2D eigenvalue weighted by molar-refractivity contribution is 5.75. The lowest BCUT2D eigenvalue weighted by molar-refractivity contribution is -0.136. The van der Waals surface area contributed by atoms with Crippen LogP contribution in [0, 0.1) is 5.82 Å². The zero-order valence-electron chi connectivity index (χ0n) is 8.18. The summed E-state index contributed by atoms with van der Waals surface area (Å²) in [6.07, 6.45) is 0.955. The van der Waals surface area contributed by atoms with Crippen molar-refractivity contribution in [2.45, 2.75) is 6.42 Å². The summed E-state index contributed by atoms with van der Waals surface area (Å²) in [5.74, 6) is -1.47. The topological polar surface area (TPSA) is 63.3 Å². The standard InChI is InChI=1S/C11H8FNO3/c12-9-4-2-1-3-7(9)8-6-16-13-10(8)5-11(14)15/h1-4,6H,5H2,(H,14,15). The van der Waals surface area contributed by atoms with Crippen LogP contribution in [0.1, 0.15) is 5.69 Å². The maximum Gasteiger partial charge on any atom is 0.309 e. The molecule has 82 valence electrons. The number of carboxylic acids is 1. The Hall–Kier alpha value is -2.17. The Balaban J connectivity index is 2.45. The van der Waals surface area contributed by atoms with Crippen molar-refractivity contribution in [2.75, 3.05) is 0 Å². The predicted octanol–water partition coefficient (Wildman–Crippen LogP) is 2.11. The first-order chi connectivity index (χ1) is 7.68. The van der Waals surface area contributed by atoms with Gasteiger partial charge in [0.15, 0.2) is 0 Å². The van der Waals surface area contributed by atoms with Gasteiger partial charge in [0.1, 0.15) is 17.8 Å². The van der Waals surface area contributed by atoms with Crippen molar-refractivity contribution in [1.82, 2.24) is 5.16 Å². The van der Waals surface area contributed by atoms with Gasteiger partial charge in [-0.1, -0.05) is 23.4 Å². The number of halogens is 1. The Morgan fingerprint density at radius 2 is 2.12 bits per heavy atom. The minimum Gasteiger partial charge on any atom is -0.481 e. The molecule has 0 aliphatic heterocycles. The van der Waals surface area contributed by atoms with Gasteiger partial charge in [0.2, 0.25) is 0 Å². The van der Waals surface area contributed by atoms with Crippen molar-refractivity contribution in [2.24, 2.45) is 0 Å². The largest absolute Gasteiger partial charge is 0.481 e. The summed E-state index contributed by atoms with van der Waals surface area (Å²) in [6, 6.07) is 6.07. The van der Waals surface area contributed by atoms with E-state index in [4.69, 9.17) is 5.11 Å². The molecular weight excluding hydrogens is 213 g/mol. The van der Waals surface area contributed by atoms with E-state index in [1.807, 2.05) is 0 Å². The normalized spacial score (nSPS) is 10.3. The quantitative estimate of drug-likeness (QED) is 0.862. The van der Waals surface area contributed by atoms with E-state index in [-0.39, 0.29) is 12.1 Å². The molecule has 4 nitrogen and oxygen atoms in total. The molecule has 0 saturated carbocycles. The van der Waals surface area contributed by atoms with Crippen molar-refractivity contribution in [1.29, 1.82) is 0 Å². The average Bonchev–Trinajstić information content (AvgIpc) is 2.66. The van der Waals surface area contributed by atoms with Crippen molar-refractivity contribution in [3.63, 3.8) is 0 Å². The number of benzene rings is 1. The fourth-order valence-electron chi connectivity index (χ4n) is 1.43. The van der Waals surface area contributed by atoms with E-state index in [9.17, 15) is 9.18 Å². The van der Waals surface area contributed by atoms with Crippen LogP contribution in [0.15, 0.2) is 35.1 Å². The highest BCUT2D eigenvalue weighted by Gasteiger charge is 2.15. The van der Waals surface area contributed by atoms with Crippen molar-refractivity contribution < 1.29 is 18.8 Å². The van der Waals surface area contributed by atoms with Crippen LogP contribution in [0.2, 0.25) is 0 Å². The Kier molecular flexibility index (Phi) is 2.68. The summed E-state index contributed by atoms with van der Waals surface area (Å²) in [6.45, 7) is 0. The van der Waals surface area contributed by atoms with E-state index in [0.717, 1.165) is 0 Å². The third kappa shape index (κ3) is 1.93. The van der Waals surface area contributed by atoms with Crippen LogP contribution in [0.25, 0.3) is 11.1 Å². The minimum atomic E-state index is -1.04. The van der Waals surface area contributed by atoms with Gasteiger partial charge in [-0.05, 0) is 6.07 Å². The molecule has 2 rings (SSSR count). The van der Waals surface area contributed by atoms with Gasteiger partial charge in [-0.2, -0.15) is 0 Å². The molecule has 1 aromatic heterocycles. The second-order valence-electron chi connectivity index (χ2n) is 3.23. The molecule has 0 unspecified atom stereocenters. The number of hydrogen-bond donors (Lipinski definition) is 1. The number of nitrogens with zero attached hydrogens (tertiary/aromatic N) is 1. The fraction of sp³-hybridized carbons (Fsp3) is 0.0909. The molecule has 1 heterocycles. The van der Waals surface area contributed by atoms with Crippen LogP contribution in [0.5, 0.6) is 0 Å². The molecule has 0 amide bonds. The lowest BCUT2D eigenvalue weighted by Gasteiger charge is -2.00. The zero-order chi connectivity index (χ0) is 11.5. The second kappa shape index (κ2) is 4.14. The van der Waals surface area contributed by atoms with E-state index in [2.05, 4.69) is 9.68 Å². The highest BCUT2D eigenvalue weighted by atomic mass is 19.1. The van der Waals surface area contributed by atoms with Gasteiger partial charge in [0.25, 0.3) is 0 Å². The first kappa shape index (κ1) is 10.4. The molecule has 0 bridgehead atoms. The van der Waals surface area contributed by atoms with Gasteiger partial charge >= 0.3 is 5.97 Å². The first-order valence-corrected chi connectivity index (χ1v) is 4.58. The summed E-state index contributed by atoms with van der Waals surface area (Å²) in [7, 11) is 0. The van der Waals surface area contributed by atoms with Crippen LogP contribution in [-0.4, -0.2) is 16.2 Å². The molecule has 1 aromatic carbocycles. The molecule has 16 heavy (non-hydrogen) atoms. The fourth-order valence-corrected chi connectivity index (χ4v) is 1.43. The summed E-state index contributed by atoms with van der Waals surface area (Å²) < 4.78 is 18.1. The highest BCUT2D eigenvalue weighted by Crippen LogP contribution is 2.25. The molecule has 0 aliphatic carbocycles. The lowest BCUT2D eigenvalue weighted by atomic mass is 10.0. The number of carbonyl (C=O) groups is 1. The Bertz CT molecular complexity index is 521. The Morgan fingerprint density at radius 1 is 1.38 bits per heavy atom. The number of aromatic nitrogens is 1. The van der Waals surface area contributed by atoms with E-state index in [0.29, 0.717) is 11.1 Å². The van der Waals surface area contributed by atoms with E-state index in [1.54, 1.807) is 18.2 Å². The summed E-state index contributed by atoms with van der Waals surface area (Å²) in [5.41, 5.74) is 0.887. The molecule has 0 spiro atoms. The molecule has 0 saturated heterocycles. The number of aliphatic carboxylic acids is 1. The van der Waals surface area contributed by atoms with Crippen LogP contribution >= 0.6 is 0 Å². The van der Waals surface area contributed by atoms with Crippen LogP contribution < -0.4 is 0 Å². The van der Waals surface area contributed by atoms with Gasteiger partial charge in [-0.3, -0.25) is 4.79 Å². The first-order valence-electron chi connectivity index (χ1n) is 4.58. The molecule has 5 heteroatoms. The smallest absolute Gasteiger partial charge is 0.309 e. The summed E-state index contributed by atoms with van der Waals surface area (Å²) in [4.78, 5) is 10.6. The van der Waals surface area contributed by atoms with Crippen molar-refractivity contribution in [3.05, 3.63) is 42.0 Å². The van der Waals surface area contributed by atoms with Gasteiger partial charge in [0, 0.05) is 11.1 Å². The maximum absolute atomic E-state index is 13.5. The number of carboxylic acid groups (broad SMARTS) is 1. The lowest BCUT2D eigenvalue weighted by Crippen LogP contribution is -2.01. The minimum absolute atomic E-state index is 0.220. The molecule has 0 fully saturated rings. The monoisotopic (exact) mass is 221 g/mol. The van der Waals surface area contributed by atoms with Gasteiger partial charge in [-0.15, -0.1) is 0 Å². The molecule has 0 atom stereocenters. The van der Waals surface area contributed by atoms with Crippen LogP contribution in [0.4, 0.5) is 4.39 Å².